The fourth-order valence-electron chi connectivity index (χ4n) is 4.13. The number of thiazole rings is 1. The van der Waals surface area contributed by atoms with E-state index >= 15 is 0 Å². The number of nitrogens with one attached hydrogen (secondary N) is 1. The number of aromatic nitrogens is 2. The maximum Gasteiger partial charge on any atom is 0.262 e. The van der Waals surface area contributed by atoms with Gasteiger partial charge in [-0.05, 0) is 62.4 Å². The highest BCUT2D eigenvalue weighted by Gasteiger charge is 2.19. The molecule has 0 radical (unpaired) electrons. The van der Waals surface area contributed by atoms with Crippen LogP contribution in [0.25, 0.3) is 4.96 Å². The molecule has 0 saturated heterocycles. The first-order valence-electron chi connectivity index (χ1n) is 11.4. The summed E-state index contributed by atoms with van der Waals surface area (Å²) in [5, 5.41) is 2.76. The second-order valence-corrected chi connectivity index (χ2v) is 9.50. The highest BCUT2D eigenvalue weighted by atomic mass is 32.1. The van der Waals surface area contributed by atoms with Crippen LogP contribution in [0.15, 0.2) is 53.3 Å². The maximum absolute atomic E-state index is 13.7. The van der Waals surface area contributed by atoms with Gasteiger partial charge < -0.3 is 14.8 Å². The molecule has 0 aliphatic heterocycles. The number of aryl methyl sites for hydroxylation is 3. The van der Waals surface area contributed by atoms with Gasteiger partial charge in [0.05, 0.1) is 11.4 Å². The second-order valence-electron chi connectivity index (χ2n) is 8.44. The normalized spacial score (nSPS) is 12.9. The molecule has 2 aromatic carbocycles. The zero-order chi connectivity index (χ0) is 24.4. The zero-order valence-corrected chi connectivity index (χ0v) is 20.0. The SMILES string of the molecule is Cc1ccc(OCc2cc(=O)n3c4c(sc3n2)CCCC4)c(NC(=O)COc2ccccc2F)c1. The summed E-state index contributed by atoms with van der Waals surface area (Å²) in [5.41, 5.74) is 2.88. The summed E-state index contributed by atoms with van der Waals surface area (Å²) in [4.78, 5) is 31.8. The van der Waals surface area contributed by atoms with Gasteiger partial charge in [0, 0.05) is 16.6 Å². The Labute approximate surface area is 205 Å². The highest BCUT2D eigenvalue weighted by Crippen LogP contribution is 2.29. The third kappa shape index (κ3) is 5.05. The fourth-order valence-corrected chi connectivity index (χ4v) is 5.36. The molecule has 1 N–H and O–H groups in total. The summed E-state index contributed by atoms with van der Waals surface area (Å²) in [6, 6.07) is 12.8. The molecule has 7 nitrogen and oxygen atoms in total. The average molecular weight is 494 g/mol. The van der Waals surface area contributed by atoms with Gasteiger partial charge in [-0.25, -0.2) is 9.37 Å². The third-order valence-corrected chi connectivity index (χ3v) is 6.94. The van der Waals surface area contributed by atoms with E-state index in [1.165, 1.54) is 23.1 Å². The minimum atomic E-state index is -0.535. The number of carbonyl (C=O) groups excluding carboxylic acids is 1. The summed E-state index contributed by atoms with van der Waals surface area (Å²) >= 11 is 1.57. The Kier molecular flexibility index (Phi) is 6.50. The topological polar surface area (TPSA) is 81.9 Å². The fraction of sp³-hybridized carbons (Fsp3) is 0.269. The second kappa shape index (κ2) is 9.87. The number of carbonyl (C=O) groups is 1. The van der Waals surface area contributed by atoms with Crippen molar-refractivity contribution in [1.29, 1.82) is 0 Å². The van der Waals surface area contributed by atoms with E-state index in [1.807, 2.05) is 13.0 Å². The Balaban J connectivity index is 1.29. The number of amides is 1. The summed E-state index contributed by atoms with van der Waals surface area (Å²) in [7, 11) is 0. The third-order valence-electron chi connectivity index (χ3n) is 5.79. The van der Waals surface area contributed by atoms with Crippen LogP contribution in [0.3, 0.4) is 0 Å². The summed E-state index contributed by atoms with van der Waals surface area (Å²) in [6.45, 7) is 1.61. The molecule has 0 fully saturated rings. The van der Waals surface area contributed by atoms with Crippen LogP contribution in [-0.4, -0.2) is 21.9 Å². The van der Waals surface area contributed by atoms with Crippen LogP contribution in [-0.2, 0) is 24.2 Å². The van der Waals surface area contributed by atoms with Crippen LogP contribution in [0, 0.1) is 12.7 Å². The molecule has 0 unspecified atom stereocenters. The number of anilines is 1. The molecule has 1 aliphatic carbocycles. The molecule has 180 valence electrons. The van der Waals surface area contributed by atoms with Gasteiger partial charge in [-0.15, -0.1) is 11.3 Å². The molecule has 0 saturated carbocycles. The van der Waals surface area contributed by atoms with E-state index in [2.05, 4.69) is 10.3 Å². The van der Waals surface area contributed by atoms with Crippen molar-refractivity contribution in [2.45, 2.75) is 39.2 Å². The monoisotopic (exact) mass is 493 g/mol. The lowest BCUT2D eigenvalue weighted by molar-refractivity contribution is -0.118. The van der Waals surface area contributed by atoms with Crippen LogP contribution in [0.1, 0.15) is 34.7 Å². The van der Waals surface area contributed by atoms with Crippen molar-refractivity contribution < 1.29 is 18.7 Å². The zero-order valence-electron chi connectivity index (χ0n) is 19.2. The van der Waals surface area contributed by atoms with Gasteiger partial charge in [0.25, 0.3) is 11.5 Å². The van der Waals surface area contributed by atoms with Crippen LogP contribution < -0.4 is 20.3 Å². The van der Waals surface area contributed by atoms with Crippen molar-refractivity contribution in [1.82, 2.24) is 9.38 Å². The van der Waals surface area contributed by atoms with E-state index in [4.69, 9.17) is 9.47 Å². The number of hydrogen-bond donors (Lipinski definition) is 1. The van der Waals surface area contributed by atoms with Crippen molar-refractivity contribution >= 4 is 27.9 Å². The first-order chi connectivity index (χ1) is 17.0. The van der Waals surface area contributed by atoms with E-state index in [0.29, 0.717) is 22.1 Å². The van der Waals surface area contributed by atoms with Gasteiger partial charge in [0.1, 0.15) is 12.4 Å². The van der Waals surface area contributed by atoms with Crippen molar-refractivity contribution in [3.8, 4) is 11.5 Å². The molecule has 4 aromatic rings. The lowest BCUT2D eigenvalue weighted by Crippen LogP contribution is -2.21. The predicted octanol–water partition coefficient (Wildman–Crippen LogP) is 4.68. The molecule has 2 aromatic heterocycles. The molecular formula is C26H24FN3O4S. The summed E-state index contributed by atoms with van der Waals surface area (Å²) in [5.74, 6) is -0.550. The number of para-hydroxylation sites is 1. The Bertz CT molecular complexity index is 1460. The number of rotatable bonds is 7. The number of ether oxygens (including phenoxy) is 2. The molecule has 35 heavy (non-hydrogen) atoms. The van der Waals surface area contributed by atoms with Crippen LogP contribution in [0.5, 0.6) is 11.5 Å². The number of nitrogens with zero attached hydrogens (tertiary/aromatic N) is 2. The molecular weight excluding hydrogens is 469 g/mol. The van der Waals surface area contributed by atoms with Gasteiger partial charge >= 0.3 is 0 Å². The molecule has 9 heteroatoms. The van der Waals surface area contributed by atoms with Crippen LogP contribution in [0.2, 0.25) is 0 Å². The summed E-state index contributed by atoms with van der Waals surface area (Å²) in [6.07, 6.45) is 4.11. The smallest absolute Gasteiger partial charge is 0.262 e. The van der Waals surface area contributed by atoms with Crippen molar-refractivity contribution in [2.75, 3.05) is 11.9 Å². The molecule has 0 atom stereocenters. The summed E-state index contributed by atoms with van der Waals surface area (Å²) < 4.78 is 26.7. The van der Waals surface area contributed by atoms with Crippen molar-refractivity contribution in [2.24, 2.45) is 0 Å². The quantitative estimate of drug-likeness (QED) is 0.404. The van der Waals surface area contributed by atoms with Crippen LogP contribution in [0.4, 0.5) is 10.1 Å². The number of halogens is 1. The van der Waals surface area contributed by atoms with Gasteiger partial charge in [-0.3, -0.25) is 14.0 Å². The van der Waals surface area contributed by atoms with E-state index in [1.54, 1.807) is 40.0 Å². The Morgan fingerprint density at radius 2 is 1.94 bits per heavy atom. The minimum Gasteiger partial charge on any atom is -0.485 e. The first kappa shape index (κ1) is 23.0. The largest absolute Gasteiger partial charge is 0.485 e. The van der Waals surface area contributed by atoms with E-state index in [0.717, 1.165) is 36.9 Å². The molecule has 0 spiro atoms. The van der Waals surface area contributed by atoms with Crippen LogP contribution >= 0.6 is 11.3 Å². The highest BCUT2D eigenvalue weighted by molar-refractivity contribution is 7.17. The molecule has 5 rings (SSSR count). The van der Waals surface area contributed by atoms with E-state index in [-0.39, 0.29) is 24.5 Å². The first-order valence-corrected chi connectivity index (χ1v) is 12.2. The predicted molar refractivity (Wildman–Crippen MR) is 132 cm³/mol. The molecule has 0 bridgehead atoms. The number of benzene rings is 2. The molecule has 1 aliphatic rings. The van der Waals surface area contributed by atoms with Crippen molar-refractivity contribution in [3.05, 3.63) is 86.5 Å². The lowest BCUT2D eigenvalue weighted by atomic mass is 10.0. The number of hydrogen-bond acceptors (Lipinski definition) is 6. The van der Waals surface area contributed by atoms with Gasteiger partial charge in [0.15, 0.2) is 23.1 Å². The lowest BCUT2D eigenvalue weighted by Gasteiger charge is -2.14. The Morgan fingerprint density at radius 1 is 1.11 bits per heavy atom. The van der Waals surface area contributed by atoms with Crippen molar-refractivity contribution in [3.63, 3.8) is 0 Å². The standard InChI is InChI=1S/C26H24FN3O4S/c1-16-10-11-22(19(12-16)29-24(31)15-34-21-8-4-2-6-18(21)27)33-14-17-13-25(32)30-20-7-3-5-9-23(20)35-26(30)28-17/h2,4,6,8,10-13H,3,5,7,9,14-15H2,1H3,(H,29,31). The Hall–Kier alpha value is -3.72. The average Bonchev–Trinajstić information content (AvgIpc) is 3.22. The number of fused-ring (bicyclic) bond motifs is 3. The minimum absolute atomic E-state index is 0.00590. The van der Waals surface area contributed by atoms with Gasteiger partial charge in [-0.1, -0.05) is 18.2 Å². The molecule has 2 heterocycles. The van der Waals surface area contributed by atoms with Gasteiger partial charge in [-0.2, -0.15) is 0 Å². The van der Waals surface area contributed by atoms with E-state index in [9.17, 15) is 14.0 Å². The van der Waals surface area contributed by atoms with Gasteiger partial charge in [0.2, 0.25) is 0 Å². The maximum atomic E-state index is 13.7. The van der Waals surface area contributed by atoms with E-state index < -0.39 is 11.7 Å². The molecule has 1 amide bonds. The Morgan fingerprint density at radius 3 is 2.80 bits per heavy atom.